The molecule has 33 heavy (non-hydrogen) atoms. The molecular weight excluding hydrogens is 522 g/mol. The number of hydrogen-bond acceptors (Lipinski definition) is 5. The third-order valence-electron chi connectivity index (χ3n) is 5.38. The van der Waals surface area contributed by atoms with E-state index in [0.29, 0.717) is 16.7 Å². The van der Waals surface area contributed by atoms with Crippen LogP contribution in [0.3, 0.4) is 0 Å². The second kappa shape index (κ2) is 8.40. The monoisotopic (exact) mass is 539 g/mol. The van der Waals surface area contributed by atoms with Crippen LogP contribution in [-0.4, -0.2) is 31.3 Å². The molecule has 5 rings (SSSR count). The van der Waals surface area contributed by atoms with Crippen LogP contribution in [0, 0.1) is 0 Å². The Hall–Kier alpha value is -3.01. The SMILES string of the molecule is CN1Cc2cc(-c3ccc(-c4cncc(NS(=O)(=O)c5ccccc5Br)c4)s3)ccc2C1=O. The largest absolute Gasteiger partial charge is 0.337 e. The van der Waals surface area contributed by atoms with E-state index in [1.807, 2.05) is 24.3 Å². The van der Waals surface area contributed by atoms with Gasteiger partial charge in [0.1, 0.15) is 4.90 Å². The van der Waals surface area contributed by atoms with Crippen molar-refractivity contribution in [1.29, 1.82) is 0 Å². The highest BCUT2D eigenvalue weighted by Crippen LogP contribution is 2.37. The summed E-state index contributed by atoms with van der Waals surface area (Å²) in [5.41, 5.74) is 4.03. The molecule has 0 spiro atoms. The number of rotatable bonds is 5. The molecular formula is C24H18BrN3O3S2. The van der Waals surface area contributed by atoms with E-state index < -0.39 is 10.0 Å². The molecule has 0 saturated heterocycles. The average molecular weight is 540 g/mol. The summed E-state index contributed by atoms with van der Waals surface area (Å²) in [5, 5.41) is 0. The maximum atomic E-state index is 12.8. The van der Waals surface area contributed by atoms with Gasteiger partial charge in [-0.1, -0.05) is 18.2 Å². The number of hydrogen-bond donors (Lipinski definition) is 1. The Balaban J connectivity index is 1.41. The summed E-state index contributed by atoms with van der Waals surface area (Å²) in [5.74, 6) is 0.0521. The number of halogens is 1. The lowest BCUT2D eigenvalue weighted by molar-refractivity contribution is 0.0816. The molecule has 0 radical (unpaired) electrons. The average Bonchev–Trinajstić information content (AvgIpc) is 3.39. The Morgan fingerprint density at radius 2 is 1.76 bits per heavy atom. The van der Waals surface area contributed by atoms with E-state index in [9.17, 15) is 13.2 Å². The van der Waals surface area contributed by atoms with Crippen LogP contribution in [0.4, 0.5) is 5.69 Å². The van der Waals surface area contributed by atoms with Gasteiger partial charge in [0.2, 0.25) is 0 Å². The first-order valence-corrected chi connectivity index (χ1v) is 13.1. The Bertz CT molecular complexity index is 1500. The predicted octanol–water partition coefficient (Wildman–Crippen LogP) is 5.63. The van der Waals surface area contributed by atoms with Gasteiger partial charge in [0.05, 0.1) is 11.9 Å². The number of nitrogens with zero attached hydrogens (tertiary/aromatic N) is 2. The van der Waals surface area contributed by atoms with Crippen LogP contribution in [0.2, 0.25) is 0 Å². The van der Waals surface area contributed by atoms with Crippen molar-refractivity contribution >= 4 is 48.9 Å². The number of amides is 1. The molecule has 0 bridgehead atoms. The zero-order valence-corrected chi connectivity index (χ0v) is 20.7. The fourth-order valence-electron chi connectivity index (χ4n) is 3.77. The molecule has 1 aliphatic heterocycles. The van der Waals surface area contributed by atoms with Crippen LogP contribution in [-0.2, 0) is 16.6 Å². The minimum Gasteiger partial charge on any atom is -0.337 e. The van der Waals surface area contributed by atoms with Gasteiger partial charge < -0.3 is 4.90 Å². The maximum absolute atomic E-state index is 12.8. The summed E-state index contributed by atoms with van der Waals surface area (Å²) >= 11 is 4.88. The Morgan fingerprint density at radius 3 is 2.55 bits per heavy atom. The molecule has 166 valence electrons. The second-order valence-corrected chi connectivity index (χ2v) is 11.3. The first-order chi connectivity index (χ1) is 15.8. The molecule has 1 N–H and O–H groups in total. The van der Waals surface area contributed by atoms with Crippen molar-refractivity contribution in [3.63, 3.8) is 0 Å². The summed E-state index contributed by atoms with van der Waals surface area (Å²) in [6.45, 7) is 0.615. The van der Waals surface area contributed by atoms with E-state index >= 15 is 0 Å². The van der Waals surface area contributed by atoms with Crippen LogP contribution in [0.1, 0.15) is 15.9 Å². The molecule has 3 heterocycles. The third-order valence-corrected chi connectivity index (χ3v) is 8.96. The van der Waals surface area contributed by atoms with E-state index in [0.717, 1.165) is 32.0 Å². The normalized spacial score (nSPS) is 13.3. The van der Waals surface area contributed by atoms with Crippen molar-refractivity contribution in [2.24, 2.45) is 0 Å². The van der Waals surface area contributed by atoms with Crippen LogP contribution in [0.15, 0.2) is 82.4 Å². The summed E-state index contributed by atoms with van der Waals surface area (Å²) in [4.78, 5) is 20.3. The highest BCUT2D eigenvalue weighted by atomic mass is 79.9. The molecule has 4 aromatic rings. The Labute approximate surface area is 204 Å². The number of fused-ring (bicyclic) bond motifs is 1. The fraction of sp³-hybridized carbons (Fsp3) is 0.0833. The molecule has 0 saturated carbocycles. The number of sulfonamides is 1. The van der Waals surface area contributed by atoms with Gasteiger partial charge >= 0.3 is 0 Å². The van der Waals surface area contributed by atoms with Crippen molar-refractivity contribution in [3.05, 3.63) is 88.7 Å². The lowest BCUT2D eigenvalue weighted by Crippen LogP contribution is -2.17. The van der Waals surface area contributed by atoms with Crippen LogP contribution >= 0.6 is 27.3 Å². The van der Waals surface area contributed by atoms with Crippen molar-refractivity contribution in [2.45, 2.75) is 11.4 Å². The van der Waals surface area contributed by atoms with Crippen molar-refractivity contribution < 1.29 is 13.2 Å². The van der Waals surface area contributed by atoms with Gasteiger partial charge in [-0.3, -0.25) is 14.5 Å². The van der Waals surface area contributed by atoms with Gasteiger partial charge in [0.15, 0.2) is 0 Å². The predicted molar refractivity (Wildman–Crippen MR) is 134 cm³/mol. The zero-order valence-electron chi connectivity index (χ0n) is 17.4. The lowest BCUT2D eigenvalue weighted by Gasteiger charge is -2.10. The minimum absolute atomic E-state index is 0.0521. The molecule has 2 aromatic carbocycles. The molecule has 0 fully saturated rings. The number of carbonyl (C=O) groups is 1. The molecule has 1 aliphatic rings. The van der Waals surface area contributed by atoms with E-state index in [1.165, 1.54) is 12.3 Å². The van der Waals surface area contributed by atoms with Crippen molar-refractivity contribution in [3.8, 4) is 20.9 Å². The van der Waals surface area contributed by atoms with Gasteiger partial charge in [-0.25, -0.2) is 8.42 Å². The number of thiophene rings is 1. The second-order valence-electron chi connectivity index (χ2n) is 7.70. The lowest BCUT2D eigenvalue weighted by atomic mass is 10.1. The minimum atomic E-state index is -3.76. The first-order valence-electron chi connectivity index (χ1n) is 10.0. The van der Waals surface area contributed by atoms with E-state index in [-0.39, 0.29) is 10.8 Å². The summed E-state index contributed by atoms with van der Waals surface area (Å²) in [6.07, 6.45) is 3.20. The molecule has 0 aliphatic carbocycles. The van der Waals surface area contributed by atoms with Crippen molar-refractivity contribution in [2.75, 3.05) is 11.8 Å². The maximum Gasteiger partial charge on any atom is 0.263 e. The van der Waals surface area contributed by atoms with Crippen LogP contribution < -0.4 is 4.72 Å². The van der Waals surface area contributed by atoms with Crippen LogP contribution in [0.25, 0.3) is 20.9 Å². The van der Waals surface area contributed by atoms with E-state index in [4.69, 9.17) is 0 Å². The summed E-state index contributed by atoms with van der Waals surface area (Å²) in [7, 11) is -1.96. The number of carbonyl (C=O) groups excluding carboxylic acids is 1. The number of aromatic nitrogens is 1. The van der Waals surface area contributed by atoms with Crippen LogP contribution in [0.5, 0.6) is 0 Å². The number of anilines is 1. The number of nitrogens with one attached hydrogen (secondary N) is 1. The van der Waals surface area contributed by atoms with Gasteiger partial charge in [-0.05, 0) is 69.5 Å². The number of pyridine rings is 1. The Morgan fingerprint density at radius 1 is 1.00 bits per heavy atom. The number of benzene rings is 2. The molecule has 0 atom stereocenters. The Kier molecular flexibility index (Phi) is 5.55. The highest BCUT2D eigenvalue weighted by Gasteiger charge is 2.24. The van der Waals surface area contributed by atoms with E-state index in [2.05, 4.69) is 31.7 Å². The first kappa shape index (κ1) is 21.8. The smallest absolute Gasteiger partial charge is 0.263 e. The standard InChI is InChI=1S/C24H18BrN3O3S2/c1-28-14-17-10-15(6-7-19(17)24(28)29)21-8-9-22(32-21)16-11-18(13-26-12-16)27-33(30,31)23-5-3-2-4-20(23)25/h2-13,27H,14H2,1H3. The molecule has 6 nitrogen and oxygen atoms in total. The molecule has 2 aromatic heterocycles. The zero-order chi connectivity index (χ0) is 23.2. The van der Waals surface area contributed by atoms with Gasteiger partial charge in [0, 0.05) is 45.1 Å². The summed E-state index contributed by atoms with van der Waals surface area (Å²) in [6, 6.07) is 18.4. The third kappa shape index (κ3) is 4.19. The highest BCUT2D eigenvalue weighted by molar-refractivity contribution is 9.10. The topological polar surface area (TPSA) is 79.4 Å². The molecule has 0 unspecified atom stereocenters. The van der Waals surface area contributed by atoms with Gasteiger partial charge in [0.25, 0.3) is 15.9 Å². The van der Waals surface area contributed by atoms with Gasteiger partial charge in [-0.15, -0.1) is 11.3 Å². The fourth-order valence-corrected chi connectivity index (χ4v) is 6.79. The van der Waals surface area contributed by atoms with Crippen molar-refractivity contribution in [1.82, 2.24) is 9.88 Å². The molecule has 9 heteroatoms. The van der Waals surface area contributed by atoms with Gasteiger partial charge in [-0.2, -0.15) is 0 Å². The summed E-state index contributed by atoms with van der Waals surface area (Å²) < 4.78 is 28.7. The quantitative estimate of drug-likeness (QED) is 0.356. The molecule has 1 amide bonds. The van der Waals surface area contributed by atoms with E-state index in [1.54, 1.807) is 53.7 Å².